The van der Waals surface area contributed by atoms with Gasteiger partial charge in [0, 0.05) is 19.2 Å². The Morgan fingerprint density at radius 3 is 2.70 bits per heavy atom. The Balaban J connectivity index is 1.65. The second-order valence-electron chi connectivity index (χ2n) is 7.90. The van der Waals surface area contributed by atoms with Gasteiger partial charge in [-0.25, -0.2) is 17.7 Å². The van der Waals surface area contributed by atoms with Gasteiger partial charge in [0.2, 0.25) is 0 Å². The summed E-state index contributed by atoms with van der Waals surface area (Å²) in [4.78, 5) is 14.3. The number of ether oxygens (including phenoxy) is 1. The van der Waals surface area contributed by atoms with Crippen molar-refractivity contribution in [3.8, 4) is 0 Å². The van der Waals surface area contributed by atoms with Crippen LogP contribution in [0.2, 0.25) is 0 Å². The Labute approximate surface area is 161 Å². The average Bonchev–Trinajstić information content (AvgIpc) is 2.61. The average molecular weight is 403 g/mol. The number of alkyl halides is 2. The summed E-state index contributed by atoms with van der Waals surface area (Å²) in [5.41, 5.74) is -0.0316. The lowest BCUT2D eigenvalue weighted by molar-refractivity contribution is -0.120. The molecule has 2 N–H and O–H groups in total. The molecule has 1 amide bonds. The van der Waals surface area contributed by atoms with Gasteiger partial charge in [0.15, 0.2) is 0 Å². The third kappa shape index (κ3) is 4.41. The summed E-state index contributed by atoms with van der Waals surface area (Å²) >= 11 is 0. The highest BCUT2D eigenvalue weighted by Gasteiger charge is 2.39. The fourth-order valence-corrected chi connectivity index (χ4v) is 4.70. The summed E-state index contributed by atoms with van der Waals surface area (Å²) in [6.07, 6.45) is 2.93. The quantitative estimate of drug-likeness (QED) is 0.727. The van der Waals surface area contributed by atoms with Gasteiger partial charge in [0.25, 0.3) is 5.91 Å². The van der Waals surface area contributed by atoms with Gasteiger partial charge in [0.05, 0.1) is 30.0 Å². The minimum atomic E-state index is -1.42. The van der Waals surface area contributed by atoms with Gasteiger partial charge < -0.3 is 15.0 Å². The van der Waals surface area contributed by atoms with Crippen molar-refractivity contribution < 1.29 is 22.5 Å². The first-order chi connectivity index (χ1) is 12.7. The highest BCUT2D eigenvalue weighted by atomic mass is 32.2. The molecule has 2 aliphatic heterocycles. The monoisotopic (exact) mass is 403 g/mol. The van der Waals surface area contributed by atoms with E-state index < -0.39 is 46.4 Å². The third-order valence-corrected chi connectivity index (χ3v) is 6.88. The summed E-state index contributed by atoms with van der Waals surface area (Å²) in [5.74, 6) is -1.18. The van der Waals surface area contributed by atoms with Crippen molar-refractivity contribution >= 4 is 16.9 Å². The zero-order valence-corrected chi connectivity index (χ0v) is 16.6. The number of halogens is 2. The third-order valence-electron chi connectivity index (χ3n) is 5.40. The Bertz CT molecular complexity index is 668. The molecule has 1 aliphatic carbocycles. The second-order valence-corrected chi connectivity index (χ2v) is 9.24. The predicted octanol–water partition coefficient (Wildman–Crippen LogP) is 1.33. The lowest BCUT2D eigenvalue weighted by Crippen LogP contribution is -2.59. The molecule has 3 rings (SSSR count). The minimum absolute atomic E-state index is 0.235. The van der Waals surface area contributed by atoms with E-state index in [1.807, 2.05) is 6.92 Å². The Morgan fingerprint density at radius 2 is 2.07 bits per heavy atom. The molecule has 2 fully saturated rings. The normalized spacial score (nSPS) is 36.6. The molecule has 0 spiro atoms. The first kappa shape index (κ1) is 20.4. The molecule has 3 aliphatic rings. The number of amides is 1. The van der Waals surface area contributed by atoms with Crippen LogP contribution in [0.3, 0.4) is 0 Å². The molecular weight excluding hydrogens is 376 g/mol. The number of rotatable bonds is 5. The molecule has 1 saturated carbocycles. The number of nitrogens with zero attached hydrogens (tertiary/aromatic N) is 1. The smallest absolute Gasteiger partial charge is 0.267 e. The summed E-state index contributed by atoms with van der Waals surface area (Å²) in [6.45, 7) is 4.42. The minimum Gasteiger partial charge on any atom is -0.377 e. The van der Waals surface area contributed by atoms with E-state index in [2.05, 4.69) is 10.0 Å². The van der Waals surface area contributed by atoms with Crippen LogP contribution in [0.1, 0.15) is 26.7 Å². The van der Waals surface area contributed by atoms with Crippen LogP contribution in [-0.4, -0.2) is 64.5 Å². The zero-order chi connectivity index (χ0) is 19.8. The molecule has 0 aromatic carbocycles. The highest BCUT2D eigenvalue weighted by Crippen LogP contribution is 2.30. The van der Waals surface area contributed by atoms with Crippen LogP contribution in [0.25, 0.3) is 0 Å². The molecule has 27 heavy (non-hydrogen) atoms. The second kappa shape index (κ2) is 7.97. The summed E-state index contributed by atoms with van der Waals surface area (Å²) in [5, 5.41) is 2.20. The van der Waals surface area contributed by atoms with Crippen LogP contribution in [0.4, 0.5) is 8.78 Å². The molecular formula is C18H27F2N3O3S. The van der Waals surface area contributed by atoms with E-state index in [1.165, 1.54) is 6.92 Å². The molecule has 0 bridgehead atoms. The fourth-order valence-electron chi connectivity index (χ4n) is 3.49. The first-order valence-electron chi connectivity index (χ1n) is 9.18. The Hall–Kier alpha value is -1.32. The molecule has 0 aromatic heterocycles. The van der Waals surface area contributed by atoms with Gasteiger partial charge >= 0.3 is 0 Å². The van der Waals surface area contributed by atoms with E-state index in [-0.39, 0.29) is 18.4 Å². The molecule has 9 heteroatoms. The molecule has 6 atom stereocenters. The number of carbonyl (C=O) groups excluding carboxylic acids is 1. The van der Waals surface area contributed by atoms with E-state index in [1.54, 1.807) is 30.3 Å². The van der Waals surface area contributed by atoms with Crippen LogP contribution in [-0.2, 0) is 20.5 Å². The van der Waals surface area contributed by atoms with Crippen LogP contribution in [0.5, 0.6) is 0 Å². The first-order valence-corrected chi connectivity index (χ1v) is 10.4. The predicted molar refractivity (Wildman–Crippen MR) is 99.4 cm³/mol. The van der Waals surface area contributed by atoms with Crippen molar-refractivity contribution in [3.63, 3.8) is 0 Å². The van der Waals surface area contributed by atoms with Crippen molar-refractivity contribution in [1.82, 2.24) is 14.9 Å². The maximum absolute atomic E-state index is 14.4. The summed E-state index contributed by atoms with van der Waals surface area (Å²) < 4.78 is 48.8. The van der Waals surface area contributed by atoms with Gasteiger partial charge in [0.1, 0.15) is 29.0 Å². The van der Waals surface area contributed by atoms with Gasteiger partial charge in [-0.2, -0.15) is 0 Å². The number of hydrogen-bond donors (Lipinski definition) is 2. The van der Waals surface area contributed by atoms with Crippen molar-refractivity contribution in [2.45, 2.75) is 55.9 Å². The lowest BCUT2D eigenvalue weighted by Gasteiger charge is -2.39. The molecule has 0 radical (unpaired) electrons. The van der Waals surface area contributed by atoms with Gasteiger partial charge in [-0.1, -0.05) is 6.92 Å². The zero-order valence-electron chi connectivity index (χ0n) is 15.8. The number of carbonyl (C=O) groups is 1. The van der Waals surface area contributed by atoms with Crippen molar-refractivity contribution in [2.24, 2.45) is 5.92 Å². The van der Waals surface area contributed by atoms with Gasteiger partial charge in [-0.15, -0.1) is 0 Å². The van der Waals surface area contributed by atoms with Gasteiger partial charge in [-0.3, -0.25) is 4.79 Å². The lowest BCUT2D eigenvalue weighted by atomic mass is 9.83. The number of nitrogens with one attached hydrogen (secondary N) is 2. The molecule has 0 aromatic rings. The van der Waals surface area contributed by atoms with E-state index in [4.69, 9.17) is 4.74 Å². The van der Waals surface area contributed by atoms with E-state index >= 15 is 0 Å². The molecule has 1 saturated heterocycles. The highest BCUT2D eigenvalue weighted by molar-refractivity contribution is 7.84. The van der Waals surface area contributed by atoms with Crippen LogP contribution >= 0.6 is 0 Å². The Morgan fingerprint density at radius 1 is 1.37 bits per heavy atom. The van der Waals surface area contributed by atoms with Crippen LogP contribution < -0.4 is 10.0 Å². The summed E-state index contributed by atoms with van der Waals surface area (Å²) in [6, 6.07) is -0.715. The maximum atomic E-state index is 14.4. The van der Waals surface area contributed by atoms with Crippen molar-refractivity contribution in [3.05, 3.63) is 24.0 Å². The summed E-state index contributed by atoms with van der Waals surface area (Å²) in [7, 11) is 0.274. The van der Waals surface area contributed by atoms with E-state index in [0.29, 0.717) is 18.9 Å². The van der Waals surface area contributed by atoms with Gasteiger partial charge in [-0.05, 0) is 31.9 Å². The molecule has 2 heterocycles. The van der Waals surface area contributed by atoms with Crippen molar-refractivity contribution in [2.75, 3.05) is 20.3 Å². The van der Waals surface area contributed by atoms with Crippen LogP contribution in [0.15, 0.2) is 24.0 Å². The standard InChI is InChI=1S/C18H27F2N3O3S/c1-11-13(19)4-5-14(16(11)20)21-17(24)15-8-12(6-7-23(15)3)27(25)22-18(2)9-26-10-18/h6-8,11-14,16,22H,4-5,9-10H2,1-3H3,(H,21,24)/t11?,12?,13?,14-,16?,27?/m1/s1. The fraction of sp³-hybridized carbons (Fsp3) is 0.722. The number of likely N-dealkylation sites (N-methyl/N-ethyl adjacent to an activating group) is 1. The SMILES string of the molecule is CC1C(F)CC[C@@H](NC(=O)C2=CC(S(=O)NC3(C)COC3)C=CN2C)C1F. The van der Waals surface area contributed by atoms with E-state index in [0.717, 1.165) is 0 Å². The Kier molecular flexibility index (Phi) is 6.02. The van der Waals surface area contributed by atoms with Crippen molar-refractivity contribution in [1.29, 1.82) is 0 Å². The van der Waals surface area contributed by atoms with E-state index in [9.17, 15) is 17.8 Å². The molecule has 152 valence electrons. The van der Waals surface area contributed by atoms with Crippen LogP contribution in [0, 0.1) is 5.92 Å². The number of hydrogen-bond acceptors (Lipinski definition) is 4. The largest absolute Gasteiger partial charge is 0.377 e. The topological polar surface area (TPSA) is 70.7 Å². The molecule has 5 unspecified atom stereocenters. The maximum Gasteiger partial charge on any atom is 0.267 e. The molecule has 6 nitrogen and oxygen atoms in total.